The van der Waals surface area contributed by atoms with Crippen LogP contribution >= 0.6 is 0 Å². The minimum absolute atomic E-state index is 0.537. The molecule has 0 bridgehead atoms. The van der Waals surface area contributed by atoms with Crippen LogP contribution in [0.3, 0.4) is 0 Å². The molecule has 6 heteroatoms. The minimum Gasteiger partial charge on any atom is -0.456 e. The van der Waals surface area contributed by atoms with Crippen LogP contribution in [-0.2, 0) is 0 Å². The number of hydrogen-bond donors (Lipinski definition) is 0. The van der Waals surface area contributed by atoms with E-state index >= 15 is 0 Å². The summed E-state index contributed by atoms with van der Waals surface area (Å²) in [6, 6.07) is 80.0. The summed E-state index contributed by atoms with van der Waals surface area (Å²) in [5, 5.41) is 14.4. The minimum atomic E-state index is 0.537. The maximum atomic E-state index is 6.36. The molecule has 0 saturated carbocycles. The first-order valence-electron chi connectivity index (χ1n) is 23.3. The van der Waals surface area contributed by atoms with Crippen molar-refractivity contribution in [3.8, 4) is 45.5 Å². The molecule has 4 heterocycles. The van der Waals surface area contributed by atoms with E-state index in [2.05, 4.69) is 191 Å². The zero-order chi connectivity index (χ0) is 45.2. The van der Waals surface area contributed by atoms with Crippen LogP contribution in [0.2, 0.25) is 0 Å². The zero-order valence-electron chi connectivity index (χ0n) is 37.0. The molecule has 0 unspecified atom stereocenters. The molecule has 0 aliphatic carbocycles. The molecule has 0 aliphatic heterocycles. The lowest BCUT2D eigenvalue weighted by atomic mass is 9.92. The predicted molar refractivity (Wildman–Crippen MR) is 285 cm³/mol. The highest BCUT2D eigenvalue weighted by molar-refractivity contribution is 6.26. The SMILES string of the molecule is c1ccc(-c2nc(-c3ccc4c(c3)oc3ccccc34)nc(-n3c4ccccc4c4cc5c6ccccc6n(-c6cccc(-c7ccc8c9ccccc9c9ccccc9c8c7)c6)c5cc43)n2)cc1. The fourth-order valence-corrected chi connectivity index (χ4v) is 11.0. The molecule has 0 fully saturated rings. The van der Waals surface area contributed by atoms with E-state index in [1.807, 2.05) is 42.5 Å². The fourth-order valence-electron chi connectivity index (χ4n) is 11.0. The summed E-state index contributed by atoms with van der Waals surface area (Å²) in [4.78, 5) is 15.7. The molecule has 0 spiro atoms. The first-order chi connectivity index (χ1) is 34.2. The average Bonchev–Trinajstić information content (AvgIpc) is 4.07. The maximum Gasteiger partial charge on any atom is 0.238 e. The van der Waals surface area contributed by atoms with Gasteiger partial charge in [-0.2, -0.15) is 9.97 Å². The molecule has 0 N–H and O–H groups in total. The number of fused-ring (bicyclic) bond motifs is 15. The summed E-state index contributed by atoms with van der Waals surface area (Å²) in [5.41, 5.74) is 11.0. The van der Waals surface area contributed by atoms with E-state index in [0.717, 1.165) is 77.2 Å². The number of furan rings is 1. The second-order valence-corrected chi connectivity index (χ2v) is 18.0. The molecule has 11 aromatic carbocycles. The number of benzene rings is 11. The van der Waals surface area contributed by atoms with Crippen molar-refractivity contribution >= 4 is 97.9 Å². The number of hydrogen-bond acceptors (Lipinski definition) is 4. The summed E-state index contributed by atoms with van der Waals surface area (Å²) >= 11 is 0. The van der Waals surface area contributed by atoms with Crippen molar-refractivity contribution < 1.29 is 4.42 Å². The Morgan fingerprint density at radius 3 is 1.49 bits per heavy atom. The van der Waals surface area contributed by atoms with Crippen molar-refractivity contribution in [2.45, 2.75) is 0 Å². The van der Waals surface area contributed by atoms with Crippen molar-refractivity contribution in [1.82, 2.24) is 24.1 Å². The van der Waals surface area contributed by atoms with E-state index < -0.39 is 0 Å². The predicted octanol–water partition coefficient (Wildman–Crippen LogP) is 16.4. The molecule has 0 amide bonds. The molecule has 0 saturated heterocycles. The van der Waals surface area contributed by atoms with Crippen LogP contribution in [0.25, 0.3) is 143 Å². The Hall–Kier alpha value is -9.39. The van der Waals surface area contributed by atoms with Gasteiger partial charge in [-0.15, -0.1) is 0 Å². The summed E-state index contributed by atoms with van der Waals surface area (Å²) in [6.07, 6.45) is 0. The van der Waals surface area contributed by atoms with Gasteiger partial charge in [-0.3, -0.25) is 4.57 Å². The second-order valence-electron chi connectivity index (χ2n) is 18.0. The number of aromatic nitrogens is 5. The number of rotatable bonds is 5. The van der Waals surface area contributed by atoms with Crippen LogP contribution in [0.4, 0.5) is 0 Å². The molecule has 0 atom stereocenters. The number of para-hydroxylation sites is 3. The molecule has 15 rings (SSSR count). The van der Waals surface area contributed by atoms with Crippen molar-refractivity contribution in [3.05, 3.63) is 224 Å². The fraction of sp³-hybridized carbons (Fsp3) is 0. The lowest BCUT2D eigenvalue weighted by Gasteiger charge is -2.14. The lowest BCUT2D eigenvalue weighted by molar-refractivity contribution is 0.669. The van der Waals surface area contributed by atoms with Gasteiger partial charge in [0, 0.05) is 49.1 Å². The standard InChI is InChI=1S/C63H37N5O/c1-2-15-38(16-3-1)61-64-62(41-30-32-51-50-25-10-13-28-59(50)69-60(51)35-41)66-63(65-61)68-56-27-12-9-24-49(56)54-36-53-48-23-8-11-26-55(48)67(57(53)37-58(54)68)42-18-14-17-39(33-42)40-29-31-47-45-21-5-4-19-43(45)44-20-6-7-22-46(44)52(47)34-40/h1-37H. The monoisotopic (exact) mass is 879 g/mol. The molecule has 15 aromatic rings. The molecular weight excluding hydrogens is 843 g/mol. The van der Waals surface area contributed by atoms with Gasteiger partial charge in [-0.25, -0.2) is 4.98 Å². The van der Waals surface area contributed by atoms with Gasteiger partial charge in [0.05, 0.1) is 22.1 Å². The second kappa shape index (κ2) is 14.6. The molecule has 69 heavy (non-hydrogen) atoms. The van der Waals surface area contributed by atoms with E-state index in [4.69, 9.17) is 19.4 Å². The zero-order valence-corrected chi connectivity index (χ0v) is 37.0. The van der Waals surface area contributed by atoms with Crippen molar-refractivity contribution in [1.29, 1.82) is 0 Å². The van der Waals surface area contributed by atoms with E-state index in [1.165, 1.54) is 48.7 Å². The first-order valence-corrected chi connectivity index (χ1v) is 23.3. The van der Waals surface area contributed by atoms with Gasteiger partial charge < -0.3 is 8.98 Å². The normalized spacial score (nSPS) is 12.1. The highest BCUT2D eigenvalue weighted by atomic mass is 16.3. The third kappa shape index (κ3) is 5.69. The Morgan fingerprint density at radius 2 is 0.768 bits per heavy atom. The van der Waals surface area contributed by atoms with Crippen molar-refractivity contribution in [3.63, 3.8) is 0 Å². The van der Waals surface area contributed by atoms with Gasteiger partial charge >= 0.3 is 0 Å². The topological polar surface area (TPSA) is 61.7 Å². The van der Waals surface area contributed by atoms with Crippen molar-refractivity contribution in [2.24, 2.45) is 0 Å². The molecule has 4 aromatic heterocycles. The summed E-state index contributed by atoms with van der Waals surface area (Å²) in [6.45, 7) is 0. The first kappa shape index (κ1) is 37.8. The van der Waals surface area contributed by atoms with Gasteiger partial charge in [0.25, 0.3) is 0 Å². The summed E-state index contributed by atoms with van der Waals surface area (Å²) in [5.74, 6) is 1.69. The van der Waals surface area contributed by atoms with E-state index in [9.17, 15) is 0 Å². The quantitative estimate of drug-likeness (QED) is 0.162. The van der Waals surface area contributed by atoms with Crippen LogP contribution < -0.4 is 0 Å². The lowest BCUT2D eigenvalue weighted by Crippen LogP contribution is -2.06. The highest BCUT2D eigenvalue weighted by Crippen LogP contribution is 2.42. The van der Waals surface area contributed by atoms with Crippen LogP contribution in [0.5, 0.6) is 0 Å². The Kier molecular flexibility index (Phi) is 7.97. The Labute approximate surface area is 394 Å². The Bertz CT molecular complexity index is 4580. The van der Waals surface area contributed by atoms with Gasteiger partial charge in [0.15, 0.2) is 11.6 Å². The molecular formula is C63H37N5O. The van der Waals surface area contributed by atoms with Gasteiger partial charge in [-0.1, -0.05) is 164 Å². The van der Waals surface area contributed by atoms with Crippen LogP contribution in [0.15, 0.2) is 229 Å². The van der Waals surface area contributed by atoms with Crippen molar-refractivity contribution in [2.75, 3.05) is 0 Å². The molecule has 6 nitrogen and oxygen atoms in total. The number of nitrogens with zero attached hydrogens (tertiary/aromatic N) is 5. The Balaban J connectivity index is 0.952. The molecule has 320 valence electrons. The Morgan fingerprint density at radius 1 is 0.261 bits per heavy atom. The van der Waals surface area contributed by atoms with Gasteiger partial charge in [-0.05, 0) is 104 Å². The average molecular weight is 880 g/mol. The third-order valence-electron chi connectivity index (χ3n) is 14.1. The molecule has 0 aliphatic rings. The van der Waals surface area contributed by atoms with E-state index in [0.29, 0.717) is 17.6 Å². The van der Waals surface area contributed by atoms with Crippen LogP contribution in [-0.4, -0.2) is 24.1 Å². The maximum absolute atomic E-state index is 6.36. The van der Waals surface area contributed by atoms with Crippen LogP contribution in [0, 0.1) is 0 Å². The van der Waals surface area contributed by atoms with Crippen LogP contribution in [0.1, 0.15) is 0 Å². The van der Waals surface area contributed by atoms with E-state index in [1.54, 1.807) is 0 Å². The van der Waals surface area contributed by atoms with E-state index in [-0.39, 0.29) is 0 Å². The largest absolute Gasteiger partial charge is 0.456 e. The van der Waals surface area contributed by atoms with Gasteiger partial charge in [0.2, 0.25) is 5.95 Å². The smallest absolute Gasteiger partial charge is 0.238 e. The molecule has 0 radical (unpaired) electrons. The summed E-state index contributed by atoms with van der Waals surface area (Å²) < 4.78 is 11.0. The highest BCUT2D eigenvalue weighted by Gasteiger charge is 2.22. The summed E-state index contributed by atoms with van der Waals surface area (Å²) in [7, 11) is 0. The third-order valence-corrected chi connectivity index (χ3v) is 14.1. The van der Waals surface area contributed by atoms with Gasteiger partial charge in [0.1, 0.15) is 11.2 Å².